The van der Waals surface area contributed by atoms with Crippen molar-refractivity contribution in [3.63, 3.8) is 0 Å². The normalized spacial score (nSPS) is 10.7. The molecule has 0 saturated carbocycles. The Bertz CT molecular complexity index is 622. The van der Waals surface area contributed by atoms with E-state index in [4.69, 9.17) is 11.6 Å². The quantitative estimate of drug-likeness (QED) is 0.908. The van der Waals surface area contributed by atoms with Crippen molar-refractivity contribution in [3.8, 4) is 10.4 Å². The zero-order valence-corrected chi connectivity index (χ0v) is 12.3. The van der Waals surface area contributed by atoms with Crippen LogP contribution in [-0.4, -0.2) is 16.1 Å². The molecule has 0 bridgehead atoms. The van der Waals surface area contributed by atoms with E-state index in [0.717, 1.165) is 29.0 Å². The summed E-state index contributed by atoms with van der Waals surface area (Å²) in [5.41, 5.74) is 1.99. The zero-order valence-electron chi connectivity index (χ0n) is 10.7. The average Bonchev–Trinajstić information content (AvgIpc) is 2.73. The summed E-state index contributed by atoms with van der Waals surface area (Å²) < 4.78 is 0. The maximum absolute atomic E-state index is 11.3. The molecule has 0 unspecified atom stereocenters. The standard InChI is InChI=1S/C14H14ClNO2S/c1-3-4-11-16-12(14(17)18)13(19-11)10-6-5-9(15)7-8(10)2/h5-7H,3-4H2,1-2H3,(H,17,18). The Kier molecular flexibility index (Phi) is 4.22. The van der Waals surface area contributed by atoms with E-state index in [1.165, 1.54) is 11.3 Å². The van der Waals surface area contributed by atoms with Crippen LogP contribution >= 0.6 is 22.9 Å². The number of carboxylic acids is 1. The Labute approximate surface area is 120 Å². The van der Waals surface area contributed by atoms with Crippen molar-refractivity contribution >= 4 is 28.9 Å². The number of carbonyl (C=O) groups is 1. The van der Waals surface area contributed by atoms with Gasteiger partial charge in [0, 0.05) is 5.02 Å². The first kappa shape index (κ1) is 14.0. The Morgan fingerprint density at radius 1 is 1.47 bits per heavy atom. The van der Waals surface area contributed by atoms with Gasteiger partial charge in [-0.25, -0.2) is 9.78 Å². The Balaban J connectivity index is 2.56. The van der Waals surface area contributed by atoms with Crippen LogP contribution in [0.25, 0.3) is 10.4 Å². The molecule has 3 nitrogen and oxygen atoms in total. The number of aromatic nitrogens is 1. The van der Waals surface area contributed by atoms with E-state index >= 15 is 0 Å². The molecule has 0 saturated heterocycles. The first-order chi connectivity index (χ1) is 9.02. The molecule has 5 heteroatoms. The van der Waals surface area contributed by atoms with Gasteiger partial charge in [-0.15, -0.1) is 11.3 Å². The number of aromatic carboxylic acids is 1. The largest absolute Gasteiger partial charge is 0.476 e. The molecule has 0 aliphatic rings. The molecule has 0 atom stereocenters. The topological polar surface area (TPSA) is 50.2 Å². The van der Waals surface area contributed by atoms with Crippen LogP contribution in [0.2, 0.25) is 5.02 Å². The van der Waals surface area contributed by atoms with Crippen molar-refractivity contribution in [2.75, 3.05) is 0 Å². The summed E-state index contributed by atoms with van der Waals surface area (Å²) >= 11 is 7.38. The number of hydrogen-bond acceptors (Lipinski definition) is 3. The molecule has 0 aliphatic heterocycles. The van der Waals surface area contributed by atoms with E-state index in [1.807, 2.05) is 19.1 Å². The van der Waals surface area contributed by atoms with Gasteiger partial charge < -0.3 is 5.11 Å². The second-order valence-electron chi connectivity index (χ2n) is 4.30. The van der Waals surface area contributed by atoms with Gasteiger partial charge in [0.1, 0.15) is 0 Å². The second-order valence-corrected chi connectivity index (χ2v) is 5.82. The van der Waals surface area contributed by atoms with Crippen molar-refractivity contribution in [3.05, 3.63) is 39.5 Å². The van der Waals surface area contributed by atoms with Crippen LogP contribution in [-0.2, 0) is 6.42 Å². The lowest BCUT2D eigenvalue weighted by Gasteiger charge is -2.04. The third-order valence-electron chi connectivity index (χ3n) is 2.77. The highest BCUT2D eigenvalue weighted by molar-refractivity contribution is 7.15. The van der Waals surface area contributed by atoms with Gasteiger partial charge >= 0.3 is 5.97 Å². The molecule has 1 heterocycles. The van der Waals surface area contributed by atoms with Gasteiger partial charge in [0.25, 0.3) is 0 Å². The third-order valence-corrected chi connectivity index (χ3v) is 4.15. The van der Waals surface area contributed by atoms with Gasteiger partial charge in [-0.1, -0.05) is 24.6 Å². The zero-order chi connectivity index (χ0) is 14.0. The summed E-state index contributed by atoms with van der Waals surface area (Å²) in [5, 5.41) is 10.8. The molecule has 2 rings (SSSR count). The fourth-order valence-electron chi connectivity index (χ4n) is 1.89. The average molecular weight is 296 g/mol. The van der Waals surface area contributed by atoms with E-state index in [1.54, 1.807) is 6.07 Å². The number of hydrogen-bond donors (Lipinski definition) is 1. The van der Waals surface area contributed by atoms with E-state index < -0.39 is 5.97 Å². The lowest BCUT2D eigenvalue weighted by Crippen LogP contribution is -1.99. The summed E-state index contributed by atoms with van der Waals surface area (Å²) in [6.45, 7) is 3.97. The lowest BCUT2D eigenvalue weighted by atomic mass is 10.1. The van der Waals surface area contributed by atoms with Gasteiger partial charge in [0.2, 0.25) is 0 Å². The maximum atomic E-state index is 11.3. The molecule has 0 spiro atoms. The summed E-state index contributed by atoms with van der Waals surface area (Å²) in [5.74, 6) is -0.983. The van der Waals surface area contributed by atoms with Gasteiger partial charge in [-0.05, 0) is 43.0 Å². The minimum atomic E-state index is -0.983. The minimum Gasteiger partial charge on any atom is -0.476 e. The van der Waals surface area contributed by atoms with Crippen molar-refractivity contribution in [2.24, 2.45) is 0 Å². The van der Waals surface area contributed by atoms with Crippen LogP contribution in [0.1, 0.15) is 34.4 Å². The van der Waals surface area contributed by atoms with Gasteiger partial charge in [-0.3, -0.25) is 0 Å². The van der Waals surface area contributed by atoms with Crippen LogP contribution in [0.15, 0.2) is 18.2 Å². The molecule has 100 valence electrons. The SMILES string of the molecule is CCCc1nc(C(=O)O)c(-c2ccc(Cl)cc2C)s1. The van der Waals surface area contributed by atoms with E-state index in [0.29, 0.717) is 9.90 Å². The van der Waals surface area contributed by atoms with Crippen molar-refractivity contribution in [1.82, 2.24) is 4.98 Å². The first-order valence-corrected chi connectivity index (χ1v) is 7.22. The molecule has 0 radical (unpaired) electrons. The Morgan fingerprint density at radius 3 is 2.79 bits per heavy atom. The summed E-state index contributed by atoms with van der Waals surface area (Å²) in [6.07, 6.45) is 1.75. The van der Waals surface area contributed by atoms with Crippen molar-refractivity contribution in [1.29, 1.82) is 0 Å². The Hall–Kier alpha value is -1.39. The molecule has 19 heavy (non-hydrogen) atoms. The number of rotatable bonds is 4. The van der Waals surface area contributed by atoms with Crippen LogP contribution in [0, 0.1) is 6.92 Å². The molecule has 1 N–H and O–H groups in total. The summed E-state index contributed by atoms with van der Waals surface area (Å²) in [6, 6.07) is 5.46. The molecule has 2 aromatic rings. The predicted octanol–water partition coefficient (Wildman–Crippen LogP) is 4.42. The van der Waals surface area contributed by atoms with Crippen molar-refractivity contribution in [2.45, 2.75) is 26.7 Å². The van der Waals surface area contributed by atoms with E-state index in [-0.39, 0.29) is 5.69 Å². The number of nitrogens with zero attached hydrogens (tertiary/aromatic N) is 1. The molecular weight excluding hydrogens is 282 g/mol. The third kappa shape index (κ3) is 2.96. The monoisotopic (exact) mass is 295 g/mol. The fourth-order valence-corrected chi connectivity index (χ4v) is 3.37. The minimum absolute atomic E-state index is 0.138. The number of carboxylic acid groups (broad SMARTS) is 1. The predicted molar refractivity (Wildman–Crippen MR) is 78.3 cm³/mol. The highest BCUT2D eigenvalue weighted by atomic mass is 35.5. The van der Waals surface area contributed by atoms with Crippen LogP contribution in [0.3, 0.4) is 0 Å². The van der Waals surface area contributed by atoms with E-state index in [9.17, 15) is 9.90 Å². The van der Waals surface area contributed by atoms with Crippen LogP contribution in [0.4, 0.5) is 0 Å². The molecule has 0 fully saturated rings. The molecule has 1 aromatic carbocycles. The van der Waals surface area contributed by atoms with Crippen molar-refractivity contribution < 1.29 is 9.90 Å². The lowest BCUT2D eigenvalue weighted by molar-refractivity contribution is 0.0692. The number of thiazole rings is 1. The smallest absolute Gasteiger partial charge is 0.356 e. The number of aryl methyl sites for hydroxylation is 2. The van der Waals surface area contributed by atoms with Crippen LogP contribution in [0.5, 0.6) is 0 Å². The number of benzene rings is 1. The van der Waals surface area contributed by atoms with Crippen LogP contribution < -0.4 is 0 Å². The number of halogens is 1. The fraction of sp³-hybridized carbons (Fsp3) is 0.286. The molecule has 1 aromatic heterocycles. The highest BCUT2D eigenvalue weighted by Crippen LogP contribution is 2.34. The van der Waals surface area contributed by atoms with Gasteiger partial charge in [-0.2, -0.15) is 0 Å². The molecule has 0 amide bonds. The summed E-state index contributed by atoms with van der Waals surface area (Å²) in [4.78, 5) is 16.2. The second kappa shape index (κ2) is 5.72. The molecule has 0 aliphatic carbocycles. The van der Waals surface area contributed by atoms with E-state index in [2.05, 4.69) is 11.9 Å². The highest BCUT2D eigenvalue weighted by Gasteiger charge is 2.19. The van der Waals surface area contributed by atoms with Gasteiger partial charge in [0.05, 0.1) is 9.88 Å². The van der Waals surface area contributed by atoms with Gasteiger partial charge in [0.15, 0.2) is 5.69 Å². The Morgan fingerprint density at radius 2 is 2.21 bits per heavy atom. The molecular formula is C14H14ClNO2S. The summed E-state index contributed by atoms with van der Waals surface area (Å²) in [7, 11) is 0. The maximum Gasteiger partial charge on any atom is 0.356 e. The first-order valence-electron chi connectivity index (χ1n) is 6.02.